The first kappa shape index (κ1) is 15.1. The van der Waals surface area contributed by atoms with Crippen molar-refractivity contribution < 1.29 is 0 Å². The predicted molar refractivity (Wildman–Crippen MR) is 103 cm³/mol. The molecule has 128 valence electrons. The predicted octanol–water partition coefficient (Wildman–Crippen LogP) is 3.77. The average Bonchev–Trinajstić information content (AvgIpc) is 3.28. The maximum Gasteiger partial charge on any atom is 0.276 e. The molecule has 0 saturated heterocycles. The van der Waals surface area contributed by atoms with E-state index in [0.717, 1.165) is 59.4 Å². The second kappa shape index (κ2) is 5.99. The van der Waals surface area contributed by atoms with Crippen LogP contribution in [0.4, 0.5) is 0 Å². The molecular weight excluding hydrogens is 322 g/mol. The number of benzene rings is 2. The van der Waals surface area contributed by atoms with E-state index in [1.165, 1.54) is 5.56 Å². The number of H-pyrrole nitrogens is 1. The van der Waals surface area contributed by atoms with E-state index < -0.39 is 0 Å². The molecule has 1 aliphatic carbocycles. The van der Waals surface area contributed by atoms with Crippen LogP contribution in [0.5, 0.6) is 0 Å². The molecule has 0 saturated carbocycles. The van der Waals surface area contributed by atoms with Crippen molar-refractivity contribution in [2.45, 2.75) is 25.7 Å². The lowest BCUT2D eigenvalue weighted by Crippen LogP contribution is -2.20. The number of nitrogens with one attached hydrogen (secondary N) is 1. The van der Waals surface area contributed by atoms with Gasteiger partial charge in [-0.25, -0.2) is 9.50 Å². The summed E-state index contributed by atoms with van der Waals surface area (Å²) in [5.41, 5.74) is 6.98. The van der Waals surface area contributed by atoms with Crippen molar-refractivity contribution in [1.29, 1.82) is 0 Å². The summed E-state index contributed by atoms with van der Waals surface area (Å²) >= 11 is 0. The monoisotopic (exact) mass is 341 g/mol. The molecule has 0 atom stereocenters. The van der Waals surface area contributed by atoms with E-state index in [1.54, 1.807) is 4.52 Å². The van der Waals surface area contributed by atoms with Crippen LogP contribution in [-0.4, -0.2) is 14.6 Å². The Labute approximate surface area is 151 Å². The lowest BCUT2D eigenvalue weighted by Gasteiger charge is -2.05. The van der Waals surface area contributed by atoms with E-state index in [2.05, 4.69) is 29.4 Å². The van der Waals surface area contributed by atoms with E-state index >= 15 is 0 Å². The Morgan fingerprint density at radius 3 is 2.46 bits per heavy atom. The van der Waals surface area contributed by atoms with Gasteiger partial charge in [-0.15, -0.1) is 0 Å². The molecule has 0 aliphatic heterocycles. The van der Waals surface area contributed by atoms with Gasteiger partial charge < -0.3 is 0 Å². The Bertz CT molecular complexity index is 1140. The Kier molecular flexibility index (Phi) is 3.49. The molecule has 0 unspecified atom stereocenters. The van der Waals surface area contributed by atoms with Crippen molar-refractivity contribution in [3.63, 3.8) is 0 Å². The van der Waals surface area contributed by atoms with Crippen molar-refractivity contribution >= 4 is 5.65 Å². The maximum absolute atomic E-state index is 13.0. The van der Waals surface area contributed by atoms with Gasteiger partial charge in [0.15, 0.2) is 5.65 Å². The van der Waals surface area contributed by atoms with Crippen LogP contribution in [0, 0.1) is 0 Å². The third-order valence-electron chi connectivity index (χ3n) is 5.16. The highest BCUT2D eigenvalue weighted by molar-refractivity contribution is 5.80. The zero-order valence-electron chi connectivity index (χ0n) is 14.4. The second-order valence-corrected chi connectivity index (χ2v) is 6.85. The van der Waals surface area contributed by atoms with Crippen molar-refractivity contribution in [3.05, 3.63) is 93.5 Å². The normalized spacial score (nSPS) is 13.2. The molecule has 0 radical (unpaired) electrons. The van der Waals surface area contributed by atoms with Crippen LogP contribution in [-0.2, 0) is 19.3 Å². The fraction of sp³-hybridized carbons (Fsp3) is 0.182. The Balaban J connectivity index is 1.78. The fourth-order valence-electron chi connectivity index (χ4n) is 3.92. The van der Waals surface area contributed by atoms with E-state index in [1.807, 2.05) is 36.4 Å². The molecule has 4 nitrogen and oxygen atoms in total. The molecule has 1 aliphatic rings. The summed E-state index contributed by atoms with van der Waals surface area (Å²) in [4.78, 5) is 17.8. The minimum Gasteiger partial charge on any atom is -0.293 e. The van der Waals surface area contributed by atoms with Crippen molar-refractivity contribution in [2.24, 2.45) is 0 Å². The maximum atomic E-state index is 13.0. The highest BCUT2D eigenvalue weighted by atomic mass is 16.1. The Morgan fingerprint density at radius 2 is 1.69 bits per heavy atom. The van der Waals surface area contributed by atoms with Gasteiger partial charge in [-0.2, -0.15) is 0 Å². The fourth-order valence-corrected chi connectivity index (χ4v) is 3.92. The van der Waals surface area contributed by atoms with E-state index in [9.17, 15) is 4.79 Å². The summed E-state index contributed by atoms with van der Waals surface area (Å²) < 4.78 is 1.64. The molecule has 2 aromatic carbocycles. The number of aromatic amines is 1. The Hall–Kier alpha value is -3.14. The summed E-state index contributed by atoms with van der Waals surface area (Å²) in [6, 6.07) is 20.5. The number of fused-ring (bicyclic) bond motifs is 2. The molecule has 2 heterocycles. The number of rotatable bonds is 3. The van der Waals surface area contributed by atoms with Crippen LogP contribution >= 0.6 is 0 Å². The average molecular weight is 341 g/mol. The van der Waals surface area contributed by atoms with Crippen molar-refractivity contribution in [1.82, 2.24) is 14.6 Å². The smallest absolute Gasteiger partial charge is 0.276 e. The molecule has 1 N–H and O–H groups in total. The van der Waals surface area contributed by atoms with E-state index in [4.69, 9.17) is 4.98 Å². The number of hydrogen-bond acceptors (Lipinski definition) is 2. The molecule has 2 aromatic heterocycles. The van der Waals surface area contributed by atoms with Crippen LogP contribution < -0.4 is 5.56 Å². The van der Waals surface area contributed by atoms with Crippen LogP contribution in [0.25, 0.3) is 16.8 Å². The lowest BCUT2D eigenvalue weighted by molar-refractivity contribution is 0.845. The van der Waals surface area contributed by atoms with Gasteiger partial charge in [0.1, 0.15) is 0 Å². The molecule has 0 fully saturated rings. The summed E-state index contributed by atoms with van der Waals surface area (Å²) in [7, 11) is 0. The van der Waals surface area contributed by atoms with Gasteiger partial charge in [-0.3, -0.25) is 9.89 Å². The topological polar surface area (TPSA) is 50.2 Å². The van der Waals surface area contributed by atoms with Gasteiger partial charge in [0, 0.05) is 23.2 Å². The molecule has 26 heavy (non-hydrogen) atoms. The zero-order chi connectivity index (χ0) is 17.5. The molecule has 0 bridgehead atoms. The van der Waals surface area contributed by atoms with Gasteiger partial charge in [0.25, 0.3) is 5.56 Å². The first-order chi connectivity index (χ1) is 12.8. The molecule has 0 spiro atoms. The van der Waals surface area contributed by atoms with Gasteiger partial charge in [0.05, 0.1) is 5.69 Å². The number of nitrogens with zero attached hydrogens (tertiary/aromatic N) is 2. The van der Waals surface area contributed by atoms with Gasteiger partial charge in [-0.05, 0) is 30.4 Å². The van der Waals surface area contributed by atoms with Crippen molar-refractivity contribution in [2.75, 3.05) is 0 Å². The SMILES string of the molecule is O=c1c2c(nc3c(-c4ccccc4)c(Cc4ccccc4)[nH]n13)CCC2. The second-order valence-electron chi connectivity index (χ2n) is 6.85. The molecular formula is C22H19N3O. The van der Waals surface area contributed by atoms with E-state index in [0.29, 0.717) is 0 Å². The molecule has 5 rings (SSSR count). The first-order valence-electron chi connectivity index (χ1n) is 9.06. The van der Waals surface area contributed by atoms with Gasteiger partial charge in [-0.1, -0.05) is 60.7 Å². The third-order valence-corrected chi connectivity index (χ3v) is 5.16. The zero-order valence-corrected chi connectivity index (χ0v) is 14.4. The highest BCUT2D eigenvalue weighted by Gasteiger charge is 2.23. The standard InChI is InChI=1S/C22H19N3O/c26-22-17-12-7-13-18(17)23-21-20(16-10-5-2-6-11-16)19(24-25(21)22)14-15-8-3-1-4-9-15/h1-6,8-11,24H,7,12-14H2. The molecule has 0 amide bonds. The Morgan fingerprint density at radius 1 is 0.962 bits per heavy atom. The first-order valence-corrected chi connectivity index (χ1v) is 9.06. The number of aryl methyl sites for hydroxylation is 1. The molecule has 4 heteroatoms. The third kappa shape index (κ3) is 2.37. The highest BCUT2D eigenvalue weighted by Crippen LogP contribution is 2.30. The molecule has 4 aromatic rings. The summed E-state index contributed by atoms with van der Waals surface area (Å²) in [5.74, 6) is 0. The largest absolute Gasteiger partial charge is 0.293 e. The number of aromatic nitrogens is 3. The van der Waals surface area contributed by atoms with Crippen LogP contribution in [0.15, 0.2) is 65.5 Å². The van der Waals surface area contributed by atoms with Gasteiger partial charge in [0.2, 0.25) is 0 Å². The lowest BCUT2D eigenvalue weighted by atomic mass is 10.0. The minimum atomic E-state index is 0.0546. The van der Waals surface area contributed by atoms with Crippen LogP contribution in [0.2, 0.25) is 0 Å². The summed E-state index contributed by atoms with van der Waals surface area (Å²) in [6.45, 7) is 0. The van der Waals surface area contributed by atoms with Gasteiger partial charge >= 0.3 is 0 Å². The minimum absolute atomic E-state index is 0.0546. The van der Waals surface area contributed by atoms with E-state index in [-0.39, 0.29) is 5.56 Å². The summed E-state index contributed by atoms with van der Waals surface area (Å²) in [5, 5.41) is 3.35. The van der Waals surface area contributed by atoms with Crippen LogP contribution in [0.3, 0.4) is 0 Å². The quantitative estimate of drug-likeness (QED) is 0.617. The van der Waals surface area contributed by atoms with Crippen LogP contribution in [0.1, 0.15) is 28.9 Å². The van der Waals surface area contributed by atoms with Crippen molar-refractivity contribution in [3.8, 4) is 11.1 Å². The summed E-state index contributed by atoms with van der Waals surface area (Å²) in [6.07, 6.45) is 3.48. The number of hydrogen-bond donors (Lipinski definition) is 1.